The minimum Gasteiger partial charge on any atom is -0.465 e. The largest absolute Gasteiger partial charge is 0.534 e. The molecular formula is C15H11F3O5S. The highest BCUT2D eigenvalue weighted by Crippen LogP contribution is 2.32. The van der Waals surface area contributed by atoms with Crippen LogP contribution in [0.25, 0.3) is 11.1 Å². The van der Waals surface area contributed by atoms with Crippen molar-refractivity contribution < 1.29 is 35.3 Å². The Kier molecular flexibility index (Phi) is 4.83. The molecule has 2 rings (SSSR count). The zero-order valence-corrected chi connectivity index (χ0v) is 13.0. The van der Waals surface area contributed by atoms with E-state index in [4.69, 9.17) is 0 Å². The van der Waals surface area contributed by atoms with E-state index in [9.17, 15) is 26.4 Å². The SMILES string of the molecule is COC(=O)c1ccc(OS(=O)(=O)C(F)(F)F)cc1-c1ccccc1. The van der Waals surface area contributed by atoms with Crippen LogP contribution in [0.1, 0.15) is 10.4 Å². The number of methoxy groups -OCH3 is 1. The van der Waals surface area contributed by atoms with E-state index < -0.39 is 27.3 Å². The molecule has 0 atom stereocenters. The van der Waals surface area contributed by atoms with Crippen LogP contribution in [0.4, 0.5) is 13.2 Å². The smallest absolute Gasteiger partial charge is 0.465 e. The van der Waals surface area contributed by atoms with Crippen LogP contribution in [-0.4, -0.2) is 27.0 Å². The maximum absolute atomic E-state index is 12.4. The summed E-state index contributed by atoms with van der Waals surface area (Å²) in [6.07, 6.45) is 0. The molecule has 0 aliphatic rings. The van der Waals surface area contributed by atoms with E-state index in [0.29, 0.717) is 5.56 Å². The second-order valence-corrected chi connectivity index (χ2v) is 6.09. The molecule has 0 saturated heterocycles. The third kappa shape index (κ3) is 3.67. The molecule has 2 aromatic carbocycles. The van der Waals surface area contributed by atoms with Crippen molar-refractivity contribution in [2.24, 2.45) is 0 Å². The first-order valence-corrected chi connectivity index (χ1v) is 7.85. The van der Waals surface area contributed by atoms with Crippen molar-refractivity contribution in [1.82, 2.24) is 0 Å². The third-order valence-corrected chi connectivity index (χ3v) is 3.95. The molecule has 0 fully saturated rings. The molecule has 9 heteroatoms. The van der Waals surface area contributed by atoms with Crippen molar-refractivity contribution >= 4 is 16.1 Å². The van der Waals surface area contributed by atoms with E-state index in [1.165, 1.54) is 0 Å². The lowest BCUT2D eigenvalue weighted by Crippen LogP contribution is -2.28. The van der Waals surface area contributed by atoms with Gasteiger partial charge in [-0.3, -0.25) is 0 Å². The Morgan fingerprint density at radius 1 is 1.04 bits per heavy atom. The Balaban J connectivity index is 2.53. The van der Waals surface area contributed by atoms with Gasteiger partial charge in [-0.2, -0.15) is 21.6 Å². The van der Waals surface area contributed by atoms with Gasteiger partial charge in [-0.15, -0.1) is 0 Å². The van der Waals surface area contributed by atoms with Gasteiger partial charge in [0.25, 0.3) is 0 Å². The van der Waals surface area contributed by atoms with Gasteiger partial charge in [-0.25, -0.2) is 4.79 Å². The third-order valence-electron chi connectivity index (χ3n) is 2.97. The van der Waals surface area contributed by atoms with Crippen LogP contribution in [-0.2, 0) is 14.9 Å². The van der Waals surface area contributed by atoms with E-state index in [2.05, 4.69) is 8.92 Å². The highest BCUT2D eigenvalue weighted by molar-refractivity contribution is 7.88. The summed E-state index contributed by atoms with van der Waals surface area (Å²) in [6, 6.07) is 11.3. The normalized spacial score (nSPS) is 11.8. The van der Waals surface area contributed by atoms with Gasteiger partial charge in [0.2, 0.25) is 0 Å². The Bertz CT molecular complexity index is 845. The number of carbonyl (C=O) groups is 1. The van der Waals surface area contributed by atoms with Crippen LogP contribution >= 0.6 is 0 Å². The molecule has 0 aliphatic carbocycles. The van der Waals surface area contributed by atoms with Crippen LogP contribution in [0.5, 0.6) is 5.75 Å². The summed E-state index contributed by atoms with van der Waals surface area (Å²) < 4.78 is 68.2. The van der Waals surface area contributed by atoms with Crippen LogP contribution in [0.3, 0.4) is 0 Å². The molecule has 0 bridgehead atoms. The number of ether oxygens (including phenoxy) is 1. The number of halogens is 3. The fourth-order valence-electron chi connectivity index (χ4n) is 1.89. The Labute approximate surface area is 135 Å². The van der Waals surface area contributed by atoms with Gasteiger partial charge in [0.05, 0.1) is 12.7 Å². The van der Waals surface area contributed by atoms with Crippen molar-refractivity contribution in [3.63, 3.8) is 0 Å². The van der Waals surface area contributed by atoms with Gasteiger partial charge < -0.3 is 8.92 Å². The molecule has 24 heavy (non-hydrogen) atoms. The predicted molar refractivity (Wildman–Crippen MR) is 78.8 cm³/mol. The van der Waals surface area contributed by atoms with E-state index in [-0.39, 0.29) is 11.1 Å². The predicted octanol–water partition coefficient (Wildman–Crippen LogP) is 3.37. The van der Waals surface area contributed by atoms with Gasteiger partial charge in [-0.05, 0) is 29.3 Å². The van der Waals surface area contributed by atoms with Crippen LogP contribution in [0.15, 0.2) is 48.5 Å². The number of hydrogen-bond acceptors (Lipinski definition) is 5. The fourth-order valence-corrected chi connectivity index (χ4v) is 2.35. The number of rotatable bonds is 4. The lowest BCUT2D eigenvalue weighted by molar-refractivity contribution is -0.0500. The van der Waals surface area contributed by atoms with Crippen molar-refractivity contribution in [2.45, 2.75) is 5.51 Å². The first kappa shape index (κ1) is 17.8. The summed E-state index contributed by atoms with van der Waals surface area (Å²) in [5.74, 6) is -1.29. The molecule has 0 heterocycles. The molecule has 128 valence electrons. The van der Waals surface area contributed by atoms with E-state index in [1.54, 1.807) is 30.3 Å². The fraction of sp³-hybridized carbons (Fsp3) is 0.133. The van der Waals surface area contributed by atoms with Gasteiger partial charge >= 0.3 is 21.6 Å². The molecule has 0 aliphatic heterocycles. The molecule has 2 aromatic rings. The van der Waals surface area contributed by atoms with Crippen LogP contribution in [0.2, 0.25) is 0 Å². The zero-order valence-electron chi connectivity index (χ0n) is 12.2. The highest BCUT2D eigenvalue weighted by Gasteiger charge is 2.48. The Morgan fingerprint density at radius 2 is 1.67 bits per heavy atom. The van der Waals surface area contributed by atoms with E-state index >= 15 is 0 Å². The molecular weight excluding hydrogens is 349 g/mol. The number of esters is 1. The quantitative estimate of drug-likeness (QED) is 0.475. The Morgan fingerprint density at radius 3 is 2.21 bits per heavy atom. The molecule has 0 radical (unpaired) electrons. The zero-order chi connectivity index (χ0) is 18.0. The lowest BCUT2D eigenvalue weighted by atomic mass is 9.99. The van der Waals surface area contributed by atoms with Gasteiger partial charge in [0.15, 0.2) is 0 Å². The summed E-state index contributed by atoms with van der Waals surface area (Å²) in [5.41, 5.74) is -4.84. The summed E-state index contributed by atoms with van der Waals surface area (Å²) in [7, 11) is -4.66. The number of carbonyl (C=O) groups excluding carboxylic acids is 1. The van der Waals surface area contributed by atoms with Crippen molar-refractivity contribution in [3.05, 3.63) is 54.1 Å². The average molecular weight is 360 g/mol. The first-order chi connectivity index (χ1) is 11.2. The Hall–Kier alpha value is -2.55. The van der Waals surface area contributed by atoms with Gasteiger partial charge in [-0.1, -0.05) is 30.3 Å². The highest BCUT2D eigenvalue weighted by atomic mass is 32.2. The minimum atomic E-state index is -5.80. The first-order valence-electron chi connectivity index (χ1n) is 6.44. The molecule has 0 aromatic heterocycles. The second kappa shape index (κ2) is 6.52. The average Bonchev–Trinajstić information content (AvgIpc) is 2.53. The second-order valence-electron chi connectivity index (χ2n) is 4.55. The number of benzene rings is 2. The van der Waals surface area contributed by atoms with Gasteiger partial charge in [0.1, 0.15) is 5.75 Å². The van der Waals surface area contributed by atoms with Crippen LogP contribution < -0.4 is 4.18 Å². The summed E-state index contributed by atoms with van der Waals surface area (Å²) >= 11 is 0. The lowest BCUT2D eigenvalue weighted by Gasteiger charge is -2.13. The molecule has 0 amide bonds. The molecule has 0 unspecified atom stereocenters. The maximum atomic E-state index is 12.4. The number of alkyl halides is 3. The minimum absolute atomic E-state index is 0.0560. The molecule has 0 saturated carbocycles. The van der Waals surface area contributed by atoms with Crippen molar-refractivity contribution in [2.75, 3.05) is 7.11 Å². The standard InChI is InChI=1S/C15H11F3O5S/c1-22-14(19)12-8-7-11(23-24(20,21)15(16,17)18)9-13(12)10-5-3-2-4-6-10/h2-9H,1H3. The summed E-state index contributed by atoms with van der Waals surface area (Å²) in [6.45, 7) is 0. The van der Waals surface area contributed by atoms with Crippen molar-refractivity contribution in [1.29, 1.82) is 0 Å². The molecule has 5 nitrogen and oxygen atoms in total. The van der Waals surface area contributed by atoms with Gasteiger partial charge in [0, 0.05) is 0 Å². The monoisotopic (exact) mass is 360 g/mol. The maximum Gasteiger partial charge on any atom is 0.534 e. The summed E-state index contributed by atoms with van der Waals surface area (Å²) in [5, 5.41) is 0. The molecule has 0 spiro atoms. The van der Waals surface area contributed by atoms with E-state index in [1.807, 2.05) is 0 Å². The van der Waals surface area contributed by atoms with Crippen molar-refractivity contribution in [3.8, 4) is 16.9 Å². The number of hydrogen-bond donors (Lipinski definition) is 0. The van der Waals surface area contributed by atoms with E-state index in [0.717, 1.165) is 25.3 Å². The topological polar surface area (TPSA) is 69.7 Å². The molecule has 0 N–H and O–H groups in total. The van der Waals surface area contributed by atoms with Crippen LogP contribution in [0, 0.1) is 0 Å². The summed E-state index contributed by atoms with van der Waals surface area (Å²) in [4.78, 5) is 11.8.